The van der Waals surface area contributed by atoms with Gasteiger partial charge in [-0.3, -0.25) is 14.6 Å². The molecule has 2 aromatic heterocycles. The molecule has 0 fully saturated rings. The Morgan fingerprint density at radius 2 is 1.76 bits per heavy atom. The van der Waals surface area contributed by atoms with Crippen molar-refractivity contribution in [2.24, 2.45) is 0 Å². The predicted molar refractivity (Wildman–Crippen MR) is 147 cm³/mol. The van der Waals surface area contributed by atoms with Gasteiger partial charge in [0.15, 0.2) is 0 Å². The first-order valence-corrected chi connectivity index (χ1v) is 12.9. The van der Waals surface area contributed by atoms with Crippen LogP contribution in [0.25, 0.3) is 16.9 Å². The zero-order valence-electron chi connectivity index (χ0n) is 19.5. The second-order valence-corrected chi connectivity index (χ2v) is 10.2. The number of aromatic amines is 1. The van der Waals surface area contributed by atoms with Gasteiger partial charge < -0.3 is 5.11 Å². The van der Waals surface area contributed by atoms with Crippen molar-refractivity contribution in [3.05, 3.63) is 131 Å². The number of benzene rings is 3. The van der Waals surface area contributed by atoms with Crippen LogP contribution in [0, 0.1) is 0 Å². The number of hydrogen-bond acceptors (Lipinski definition) is 6. The van der Waals surface area contributed by atoms with E-state index in [-0.39, 0.29) is 17.1 Å². The van der Waals surface area contributed by atoms with Crippen LogP contribution in [0.4, 0.5) is 0 Å². The molecule has 0 spiro atoms. The summed E-state index contributed by atoms with van der Waals surface area (Å²) in [6.45, 7) is 0. The topological polar surface area (TPSA) is 118 Å². The van der Waals surface area contributed by atoms with Crippen LogP contribution in [-0.2, 0) is 16.6 Å². The first-order valence-electron chi connectivity index (χ1n) is 11.3. The van der Waals surface area contributed by atoms with Crippen molar-refractivity contribution in [3.63, 3.8) is 0 Å². The number of H-pyrrole nitrogens is 1. The largest absolute Gasteiger partial charge is 0.480 e. The zero-order valence-corrected chi connectivity index (χ0v) is 21.8. The molecule has 8 nitrogen and oxygen atoms in total. The lowest BCUT2D eigenvalue weighted by molar-refractivity contribution is -0.142. The van der Waals surface area contributed by atoms with Gasteiger partial charge in [-0.05, 0) is 35.4 Å². The number of carbonyl (C=O) groups is 1. The van der Waals surface area contributed by atoms with Crippen LogP contribution in [0.2, 0.25) is 10.0 Å². The molecule has 0 saturated carbocycles. The molecule has 2 N–H and O–H groups in total. The van der Waals surface area contributed by atoms with Crippen molar-refractivity contribution in [2.45, 2.75) is 11.8 Å². The smallest absolute Gasteiger partial charge is 0.349 e. The zero-order chi connectivity index (χ0) is 26.9. The Labute approximate surface area is 229 Å². The number of carboxylic acids is 1. The Hall–Kier alpha value is -4.05. The average Bonchev–Trinajstić information content (AvgIpc) is 3.37. The number of hydrogen-bond donors (Lipinski definition) is 2. The van der Waals surface area contributed by atoms with E-state index in [1.165, 1.54) is 23.5 Å². The Kier molecular flexibility index (Phi) is 6.98. The Morgan fingerprint density at radius 3 is 2.42 bits per heavy atom. The third kappa shape index (κ3) is 4.79. The highest BCUT2D eigenvalue weighted by molar-refractivity contribution is 7.10. The van der Waals surface area contributed by atoms with E-state index < -0.39 is 22.6 Å². The second kappa shape index (κ2) is 10.4. The molecule has 0 saturated heterocycles. The van der Waals surface area contributed by atoms with Gasteiger partial charge in [-0.25, -0.2) is 9.78 Å². The molecule has 0 radical (unpaired) electrons. The molecule has 3 aromatic carbocycles. The van der Waals surface area contributed by atoms with Crippen LogP contribution in [0.3, 0.4) is 0 Å². The molecule has 0 bridgehead atoms. The van der Waals surface area contributed by atoms with Crippen molar-refractivity contribution in [3.8, 4) is 16.9 Å². The molecule has 0 amide bonds. The molecule has 0 aliphatic heterocycles. The highest BCUT2D eigenvalue weighted by atomic mass is 35.5. The monoisotopic (exact) mass is 564 g/mol. The van der Waals surface area contributed by atoms with E-state index in [9.17, 15) is 19.5 Å². The van der Waals surface area contributed by atoms with Crippen LogP contribution < -0.4 is 11.2 Å². The van der Waals surface area contributed by atoms with E-state index >= 15 is 0 Å². The van der Waals surface area contributed by atoms with E-state index in [1.807, 2.05) is 35.7 Å². The van der Waals surface area contributed by atoms with Crippen LogP contribution in [-0.4, -0.2) is 30.8 Å². The van der Waals surface area contributed by atoms with Gasteiger partial charge in [0.25, 0.3) is 5.56 Å². The number of nitrogens with one attached hydrogen (secondary N) is 1. The molecule has 190 valence electrons. The van der Waals surface area contributed by atoms with E-state index in [0.29, 0.717) is 21.2 Å². The van der Waals surface area contributed by atoms with Crippen molar-refractivity contribution < 1.29 is 9.90 Å². The van der Waals surface area contributed by atoms with Gasteiger partial charge in [0, 0.05) is 27.4 Å². The normalized spacial score (nSPS) is 12.7. The number of thiazole rings is 1. The fourth-order valence-electron chi connectivity index (χ4n) is 4.28. The third-order valence-electron chi connectivity index (χ3n) is 6.11. The SMILES string of the molecule is O=C(O)C(Cc1nc(-c2ccccc2)cs1)(c1ccc(Cl)cc1)c1ccc(-n2ncc(=O)[nH]c2=O)cc1Cl. The van der Waals surface area contributed by atoms with Gasteiger partial charge in [-0.2, -0.15) is 9.78 Å². The maximum atomic E-state index is 13.2. The van der Waals surface area contributed by atoms with Crippen LogP contribution in [0.5, 0.6) is 0 Å². The summed E-state index contributed by atoms with van der Waals surface area (Å²) in [7, 11) is 0. The molecular formula is C27H18Cl2N4O4S. The molecule has 5 rings (SSSR count). The molecule has 38 heavy (non-hydrogen) atoms. The number of halogens is 2. The van der Waals surface area contributed by atoms with Gasteiger partial charge in [0.1, 0.15) is 11.6 Å². The molecular weight excluding hydrogens is 547 g/mol. The Morgan fingerprint density at radius 1 is 1.03 bits per heavy atom. The summed E-state index contributed by atoms with van der Waals surface area (Å²) < 4.78 is 0.967. The summed E-state index contributed by atoms with van der Waals surface area (Å²) in [5, 5.41) is 17.6. The van der Waals surface area contributed by atoms with Crippen molar-refractivity contribution >= 4 is 40.5 Å². The quantitative estimate of drug-likeness (QED) is 0.288. The first-order chi connectivity index (χ1) is 18.3. The maximum absolute atomic E-state index is 13.2. The summed E-state index contributed by atoms with van der Waals surface area (Å²) in [6, 6.07) is 20.7. The first kappa shape index (κ1) is 25.6. The molecule has 5 aromatic rings. The fourth-order valence-corrected chi connectivity index (χ4v) is 5.63. The second-order valence-electron chi connectivity index (χ2n) is 8.40. The van der Waals surface area contributed by atoms with E-state index in [1.54, 1.807) is 30.3 Å². The van der Waals surface area contributed by atoms with Crippen molar-refractivity contribution in [2.75, 3.05) is 0 Å². The molecule has 0 aliphatic carbocycles. The van der Waals surface area contributed by atoms with Crippen molar-refractivity contribution in [1.82, 2.24) is 19.7 Å². The number of carboxylic acid groups (broad SMARTS) is 1. The number of rotatable bonds is 7. The summed E-state index contributed by atoms with van der Waals surface area (Å²) in [5.41, 5.74) is -0.341. The minimum absolute atomic E-state index is 0.0113. The highest BCUT2D eigenvalue weighted by Crippen LogP contribution is 2.42. The minimum Gasteiger partial charge on any atom is -0.480 e. The molecule has 0 aliphatic rings. The van der Waals surface area contributed by atoms with Crippen molar-refractivity contribution in [1.29, 1.82) is 0 Å². The Bertz CT molecular complexity index is 1750. The highest BCUT2D eigenvalue weighted by Gasteiger charge is 2.45. The van der Waals surface area contributed by atoms with E-state index in [4.69, 9.17) is 28.2 Å². The standard InChI is InChI=1S/C27H18Cl2N4O4S/c28-18-8-6-17(7-9-18)27(25(35)36,13-24-31-22(15-38-24)16-4-2-1-3-5-16)20-11-10-19(12-21(20)29)33-26(37)32-23(34)14-30-33/h1-12,14-15H,13H2,(H,35,36)(H,32,34,37). The average molecular weight is 565 g/mol. The predicted octanol–water partition coefficient (Wildman–Crippen LogP) is 4.96. The molecule has 11 heteroatoms. The molecule has 2 heterocycles. The lowest BCUT2D eigenvalue weighted by Gasteiger charge is -2.31. The Balaban J connectivity index is 1.66. The number of nitrogens with zero attached hydrogens (tertiary/aromatic N) is 3. The third-order valence-corrected chi connectivity index (χ3v) is 7.52. The lowest BCUT2D eigenvalue weighted by Crippen LogP contribution is -2.40. The summed E-state index contributed by atoms with van der Waals surface area (Å²) in [6.07, 6.45) is 0.975. The number of aliphatic carboxylic acids is 1. The van der Waals surface area contributed by atoms with E-state index in [0.717, 1.165) is 22.1 Å². The fraction of sp³-hybridized carbons (Fsp3) is 0.0741. The van der Waals surface area contributed by atoms with Crippen LogP contribution in [0.15, 0.2) is 94.0 Å². The molecule has 1 atom stereocenters. The van der Waals surface area contributed by atoms with Gasteiger partial charge in [-0.15, -0.1) is 11.3 Å². The van der Waals surface area contributed by atoms with Gasteiger partial charge in [0.05, 0.1) is 16.4 Å². The van der Waals surface area contributed by atoms with Crippen LogP contribution >= 0.6 is 34.5 Å². The maximum Gasteiger partial charge on any atom is 0.349 e. The minimum atomic E-state index is -1.63. The van der Waals surface area contributed by atoms with E-state index in [2.05, 4.69) is 10.1 Å². The summed E-state index contributed by atoms with van der Waals surface area (Å²) in [5.74, 6) is -1.13. The molecule has 1 unspecified atom stereocenters. The van der Waals surface area contributed by atoms with Crippen LogP contribution in [0.1, 0.15) is 16.1 Å². The van der Waals surface area contributed by atoms with Gasteiger partial charge in [-0.1, -0.05) is 71.7 Å². The summed E-state index contributed by atoms with van der Waals surface area (Å²) in [4.78, 5) is 43.7. The number of aromatic nitrogens is 4. The lowest BCUT2D eigenvalue weighted by atomic mass is 9.72. The summed E-state index contributed by atoms with van der Waals surface area (Å²) >= 11 is 14.2. The van der Waals surface area contributed by atoms with Gasteiger partial charge >= 0.3 is 11.7 Å². The van der Waals surface area contributed by atoms with Gasteiger partial charge in [0.2, 0.25) is 0 Å².